The molecule has 0 aliphatic carbocycles. The molecule has 0 atom stereocenters. The second-order valence-electron chi connectivity index (χ2n) is 2.51. The zero-order chi connectivity index (χ0) is 11.6. The lowest BCUT2D eigenvalue weighted by Crippen LogP contribution is -2.06. The van der Waals surface area contributed by atoms with E-state index in [2.05, 4.69) is 20.7 Å². The van der Waals surface area contributed by atoms with Crippen LogP contribution in [-0.4, -0.2) is 18.0 Å². The van der Waals surface area contributed by atoms with Crippen LogP contribution in [0.5, 0.6) is 0 Å². The highest BCUT2D eigenvalue weighted by Crippen LogP contribution is 2.29. The summed E-state index contributed by atoms with van der Waals surface area (Å²) in [6.07, 6.45) is 0. The molecule has 0 spiro atoms. The number of ether oxygens (including phenoxy) is 1. The van der Waals surface area contributed by atoms with Crippen molar-refractivity contribution in [2.75, 3.05) is 7.11 Å². The lowest BCUT2D eigenvalue weighted by molar-refractivity contribution is -0.385. The van der Waals surface area contributed by atoms with Crippen LogP contribution < -0.4 is 0 Å². The Balaban J connectivity index is 3.33. The number of nitro groups is 1. The Bertz CT molecular complexity index is 435. The van der Waals surface area contributed by atoms with Gasteiger partial charge in [-0.3, -0.25) is 10.1 Å². The maximum Gasteiger partial charge on any atom is 0.340 e. The molecule has 0 amide bonds. The second kappa shape index (κ2) is 4.35. The standard InChI is InChI=1S/C8H5BrFNO4/c1-15-8(12)4-2-3-5(11(13)14)6(9)7(4)10/h2-3H,1H3. The molecule has 0 radical (unpaired) electrons. The minimum Gasteiger partial charge on any atom is -0.465 e. The molecule has 0 bridgehead atoms. The SMILES string of the molecule is COC(=O)c1ccc([N+](=O)[O-])c(Br)c1F. The Kier molecular flexibility index (Phi) is 3.35. The van der Waals surface area contributed by atoms with Gasteiger partial charge in [0.05, 0.1) is 17.6 Å². The van der Waals surface area contributed by atoms with Crippen molar-refractivity contribution in [1.82, 2.24) is 0 Å². The van der Waals surface area contributed by atoms with Crippen LogP contribution >= 0.6 is 15.9 Å². The van der Waals surface area contributed by atoms with Crippen molar-refractivity contribution in [1.29, 1.82) is 0 Å². The number of halogens is 2. The fourth-order valence-electron chi connectivity index (χ4n) is 0.948. The van der Waals surface area contributed by atoms with E-state index in [1.54, 1.807) is 0 Å². The zero-order valence-corrected chi connectivity index (χ0v) is 9.08. The van der Waals surface area contributed by atoms with Gasteiger partial charge in [0.25, 0.3) is 5.69 Å². The first-order valence-corrected chi connectivity index (χ1v) is 4.49. The van der Waals surface area contributed by atoms with Gasteiger partial charge in [-0.15, -0.1) is 0 Å². The number of methoxy groups -OCH3 is 1. The largest absolute Gasteiger partial charge is 0.465 e. The monoisotopic (exact) mass is 277 g/mol. The van der Waals surface area contributed by atoms with Crippen molar-refractivity contribution >= 4 is 27.6 Å². The van der Waals surface area contributed by atoms with E-state index in [-0.39, 0.29) is 10.0 Å². The molecule has 80 valence electrons. The maximum atomic E-state index is 13.4. The Labute approximate surface area is 92.1 Å². The van der Waals surface area contributed by atoms with Crippen LogP contribution in [0.2, 0.25) is 0 Å². The van der Waals surface area contributed by atoms with Gasteiger partial charge in [-0.05, 0) is 22.0 Å². The molecule has 1 aromatic rings. The summed E-state index contributed by atoms with van der Waals surface area (Å²) in [5.41, 5.74) is -0.796. The van der Waals surface area contributed by atoms with Gasteiger partial charge in [0, 0.05) is 6.07 Å². The van der Waals surface area contributed by atoms with Crippen molar-refractivity contribution in [3.8, 4) is 0 Å². The molecule has 1 aromatic carbocycles. The van der Waals surface area contributed by atoms with Crippen LogP contribution in [0.3, 0.4) is 0 Å². The summed E-state index contributed by atoms with van der Waals surface area (Å²) in [6, 6.07) is 2.03. The maximum absolute atomic E-state index is 13.4. The van der Waals surface area contributed by atoms with E-state index in [0.29, 0.717) is 0 Å². The number of carbonyl (C=O) groups excluding carboxylic acids is 1. The zero-order valence-electron chi connectivity index (χ0n) is 7.49. The van der Waals surface area contributed by atoms with E-state index in [1.807, 2.05) is 0 Å². The van der Waals surface area contributed by atoms with E-state index >= 15 is 0 Å². The van der Waals surface area contributed by atoms with Crippen molar-refractivity contribution in [2.24, 2.45) is 0 Å². The van der Waals surface area contributed by atoms with Crippen LogP contribution in [0.1, 0.15) is 10.4 Å². The molecule has 15 heavy (non-hydrogen) atoms. The second-order valence-corrected chi connectivity index (χ2v) is 3.30. The van der Waals surface area contributed by atoms with Gasteiger partial charge < -0.3 is 4.74 Å². The highest BCUT2D eigenvalue weighted by Gasteiger charge is 2.22. The average molecular weight is 278 g/mol. The lowest BCUT2D eigenvalue weighted by atomic mass is 10.2. The van der Waals surface area contributed by atoms with E-state index < -0.39 is 22.4 Å². The number of nitro benzene ring substituents is 1. The van der Waals surface area contributed by atoms with E-state index in [4.69, 9.17) is 0 Å². The highest BCUT2D eigenvalue weighted by atomic mass is 79.9. The highest BCUT2D eigenvalue weighted by molar-refractivity contribution is 9.10. The van der Waals surface area contributed by atoms with E-state index in [0.717, 1.165) is 19.2 Å². The third kappa shape index (κ3) is 2.12. The molecule has 1 rings (SSSR count). The molecule has 7 heteroatoms. The van der Waals surface area contributed by atoms with Gasteiger partial charge in [-0.25, -0.2) is 9.18 Å². The molecule has 0 aliphatic heterocycles. The summed E-state index contributed by atoms with van der Waals surface area (Å²) in [5.74, 6) is -1.89. The third-order valence-corrected chi connectivity index (χ3v) is 2.42. The van der Waals surface area contributed by atoms with Gasteiger partial charge in [-0.2, -0.15) is 0 Å². The molecule has 0 N–H and O–H groups in total. The molecule has 0 saturated heterocycles. The molecule has 5 nitrogen and oxygen atoms in total. The average Bonchev–Trinajstić information content (AvgIpc) is 2.20. The van der Waals surface area contributed by atoms with Crippen molar-refractivity contribution in [2.45, 2.75) is 0 Å². The Hall–Kier alpha value is -1.50. The predicted molar refractivity (Wildman–Crippen MR) is 52.1 cm³/mol. The van der Waals surface area contributed by atoms with E-state index in [9.17, 15) is 19.3 Å². The van der Waals surface area contributed by atoms with Crippen LogP contribution in [0.25, 0.3) is 0 Å². The van der Waals surface area contributed by atoms with Crippen LogP contribution in [0, 0.1) is 15.9 Å². The minimum absolute atomic E-state index is 0.352. The van der Waals surface area contributed by atoms with E-state index in [1.165, 1.54) is 0 Å². The van der Waals surface area contributed by atoms with Gasteiger partial charge in [0.1, 0.15) is 4.47 Å². The smallest absolute Gasteiger partial charge is 0.340 e. The van der Waals surface area contributed by atoms with Crippen LogP contribution in [-0.2, 0) is 4.74 Å². The molecular weight excluding hydrogens is 273 g/mol. The number of esters is 1. The molecule has 0 unspecified atom stereocenters. The Morgan fingerprint density at radius 2 is 2.20 bits per heavy atom. The fraction of sp³-hybridized carbons (Fsp3) is 0.125. The number of hydrogen-bond donors (Lipinski definition) is 0. The summed E-state index contributed by atoms with van der Waals surface area (Å²) < 4.78 is 17.3. The van der Waals surface area contributed by atoms with Gasteiger partial charge in [0.15, 0.2) is 5.82 Å². The number of benzene rings is 1. The summed E-state index contributed by atoms with van der Waals surface area (Å²) in [4.78, 5) is 20.7. The quantitative estimate of drug-likeness (QED) is 0.472. The Morgan fingerprint density at radius 3 is 2.67 bits per heavy atom. The lowest BCUT2D eigenvalue weighted by Gasteiger charge is -2.02. The predicted octanol–water partition coefficient (Wildman–Crippen LogP) is 2.28. The number of hydrogen-bond acceptors (Lipinski definition) is 4. The number of rotatable bonds is 2. The van der Waals surface area contributed by atoms with Crippen molar-refractivity contribution in [3.05, 3.63) is 38.1 Å². The first-order valence-electron chi connectivity index (χ1n) is 3.69. The summed E-state index contributed by atoms with van der Waals surface area (Å²) >= 11 is 2.70. The number of carbonyl (C=O) groups is 1. The molecule has 0 fully saturated rings. The van der Waals surface area contributed by atoms with Crippen LogP contribution in [0.15, 0.2) is 16.6 Å². The Morgan fingerprint density at radius 1 is 1.60 bits per heavy atom. The number of nitrogens with zero attached hydrogens (tertiary/aromatic N) is 1. The molecule has 0 heterocycles. The molecule has 0 saturated carbocycles. The topological polar surface area (TPSA) is 69.4 Å². The minimum atomic E-state index is -1.00. The summed E-state index contributed by atoms with van der Waals surface area (Å²) in [6.45, 7) is 0. The van der Waals surface area contributed by atoms with Gasteiger partial charge >= 0.3 is 5.97 Å². The molecule has 0 aromatic heterocycles. The molecule has 0 aliphatic rings. The summed E-state index contributed by atoms with van der Waals surface area (Å²) in [5, 5.41) is 10.4. The molecular formula is C8H5BrFNO4. The van der Waals surface area contributed by atoms with Gasteiger partial charge in [-0.1, -0.05) is 0 Å². The first-order chi connectivity index (χ1) is 6.99. The third-order valence-electron chi connectivity index (χ3n) is 1.66. The fourth-order valence-corrected chi connectivity index (χ4v) is 1.44. The van der Waals surface area contributed by atoms with Crippen molar-refractivity contribution < 1.29 is 18.8 Å². The van der Waals surface area contributed by atoms with Crippen LogP contribution in [0.4, 0.5) is 10.1 Å². The normalized spacial score (nSPS) is 9.80. The first kappa shape index (κ1) is 11.6. The van der Waals surface area contributed by atoms with Gasteiger partial charge in [0.2, 0.25) is 0 Å². The summed E-state index contributed by atoms with van der Waals surface area (Å²) in [7, 11) is 1.09. The van der Waals surface area contributed by atoms with Crippen molar-refractivity contribution in [3.63, 3.8) is 0 Å².